The van der Waals surface area contributed by atoms with E-state index in [2.05, 4.69) is 15.2 Å². The maximum Gasteiger partial charge on any atom is 0.356 e. The molecule has 0 radical (unpaired) electrons. The van der Waals surface area contributed by atoms with Crippen molar-refractivity contribution < 1.29 is 19.7 Å². The zero-order valence-corrected chi connectivity index (χ0v) is 17.8. The van der Waals surface area contributed by atoms with Crippen LogP contribution in [0, 0.1) is 0 Å². The highest BCUT2D eigenvalue weighted by Gasteiger charge is 2.29. The molecule has 168 valence electrons. The smallest absolute Gasteiger partial charge is 0.356 e. The van der Waals surface area contributed by atoms with E-state index in [-0.39, 0.29) is 22.8 Å². The molecule has 11 heteroatoms. The van der Waals surface area contributed by atoms with Gasteiger partial charge in [0.2, 0.25) is 6.41 Å². The molecule has 0 bridgehead atoms. The van der Waals surface area contributed by atoms with Gasteiger partial charge in [-0.1, -0.05) is 37.3 Å². The molecule has 1 aliphatic carbocycles. The van der Waals surface area contributed by atoms with Crippen LogP contribution in [0.25, 0.3) is 5.69 Å². The molecule has 1 aromatic heterocycles. The van der Waals surface area contributed by atoms with Crippen molar-refractivity contribution in [3.05, 3.63) is 55.8 Å². The van der Waals surface area contributed by atoms with Gasteiger partial charge < -0.3 is 20.3 Å². The van der Waals surface area contributed by atoms with Crippen molar-refractivity contribution in [2.24, 2.45) is 0 Å². The van der Waals surface area contributed by atoms with Gasteiger partial charge >= 0.3 is 5.69 Å². The van der Waals surface area contributed by atoms with Gasteiger partial charge in [0.25, 0.3) is 11.5 Å². The number of aromatic nitrogens is 3. The molecule has 1 heterocycles. The monoisotopic (exact) mass is 452 g/mol. The Hall–Kier alpha value is -2.53. The van der Waals surface area contributed by atoms with Gasteiger partial charge in [-0.25, -0.2) is 9.36 Å². The minimum atomic E-state index is -1.79. The molecular weight excluding hydrogens is 428 g/mol. The number of hydrogen-bond acceptors (Lipinski definition) is 7. The van der Waals surface area contributed by atoms with Gasteiger partial charge in [-0.05, 0) is 31.0 Å². The summed E-state index contributed by atoms with van der Waals surface area (Å²) in [5, 5.41) is 27.2. The van der Waals surface area contributed by atoms with E-state index in [0.717, 1.165) is 43.7 Å². The van der Waals surface area contributed by atoms with E-state index in [1.54, 1.807) is 0 Å². The Morgan fingerprint density at radius 2 is 1.97 bits per heavy atom. The molecule has 0 unspecified atom stereocenters. The van der Waals surface area contributed by atoms with Crippen LogP contribution < -0.4 is 16.6 Å². The molecule has 1 saturated carbocycles. The number of benzene rings is 1. The molecule has 2 aromatic rings. The summed E-state index contributed by atoms with van der Waals surface area (Å²) in [6, 6.07) is 4.21. The third-order valence-corrected chi connectivity index (χ3v) is 5.72. The molecule has 1 aliphatic rings. The highest BCUT2D eigenvalue weighted by Crippen LogP contribution is 2.27. The van der Waals surface area contributed by atoms with E-state index < -0.39 is 29.2 Å². The number of carbonyl (C=O) groups is 1. The minimum absolute atomic E-state index is 0.0788. The number of amides is 1. The molecule has 0 spiro atoms. The van der Waals surface area contributed by atoms with Gasteiger partial charge in [0.1, 0.15) is 6.20 Å². The zero-order valence-electron chi connectivity index (χ0n) is 17.1. The Morgan fingerprint density at radius 3 is 2.61 bits per heavy atom. The van der Waals surface area contributed by atoms with Crippen LogP contribution in [0.15, 0.2) is 34.0 Å². The molecule has 10 nitrogen and oxygen atoms in total. The van der Waals surface area contributed by atoms with E-state index in [1.807, 2.05) is 0 Å². The summed E-state index contributed by atoms with van der Waals surface area (Å²) in [5.41, 5.74) is -2.53. The van der Waals surface area contributed by atoms with E-state index in [1.165, 1.54) is 18.2 Å². The van der Waals surface area contributed by atoms with Gasteiger partial charge in [-0.2, -0.15) is 9.78 Å². The molecule has 3 N–H and O–H groups in total. The van der Waals surface area contributed by atoms with Crippen LogP contribution in [-0.2, 0) is 4.74 Å². The van der Waals surface area contributed by atoms with Gasteiger partial charge in [0, 0.05) is 13.7 Å². The summed E-state index contributed by atoms with van der Waals surface area (Å²) in [5.74, 6) is -0.511. The summed E-state index contributed by atoms with van der Waals surface area (Å²) in [4.78, 5) is 37.3. The topological polar surface area (TPSA) is 136 Å². The van der Waals surface area contributed by atoms with Crippen LogP contribution in [0.5, 0.6) is 0 Å². The summed E-state index contributed by atoms with van der Waals surface area (Å²) in [6.07, 6.45) is 4.22. The van der Waals surface area contributed by atoms with E-state index in [0.29, 0.717) is 17.4 Å². The van der Waals surface area contributed by atoms with Crippen molar-refractivity contribution in [3.63, 3.8) is 0 Å². The second-order valence-corrected chi connectivity index (χ2v) is 8.00. The first-order chi connectivity index (χ1) is 14.8. The number of rotatable bonds is 6. The predicted octanol–water partition coefficient (Wildman–Crippen LogP) is 0.957. The number of halogens is 1. The lowest BCUT2D eigenvalue weighted by molar-refractivity contribution is -0.136. The first-order valence-corrected chi connectivity index (χ1v) is 10.4. The number of aliphatic hydroxyl groups excluding tert-OH is 1. The maximum absolute atomic E-state index is 12.8. The normalized spacial score (nSPS) is 17.0. The number of hydrogen-bond donors (Lipinski definition) is 3. The molecule has 1 fully saturated rings. The van der Waals surface area contributed by atoms with Gasteiger partial charge in [-0.3, -0.25) is 9.59 Å². The lowest BCUT2D eigenvalue weighted by Gasteiger charge is -2.26. The maximum atomic E-state index is 12.8. The van der Waals surface area contributed by atoms with Crippen LogP contribution in [0.2, 0.25) is 5.02 Å². The Kier molecular flexibility index (Phi) is 7.26. The predicted molar refractivity (Wildman–Crippen MR) is 112 cm³/mol. The summed E-state index contributed by atoms with van der Waals surface area (Å²) in [7, 11) is 1.13. The minimum Gasteiger partial charge on any atom is -0.388 e. The number of nitrogens with one attached hydrogen (secondary N) is 1. The molecule has 3 rings (SSSR count). The number of nitrogens with zero attached hydrogens (tertiary/aromatic N) is 3. The molecule has 0 saturated heterocycles. The standard InChI is InChI=1S/C20H25ClN4O6/c1-31-19(29)24-16(26)11-23-25(18(24)28)13-6-7-15(21)14(10-13)17(27)22-12-20(30)8-4-2-3-5-9-20/h6-7,10-11,19,29-30H,2-5,8-9,12H2,1H3,(H,22,27)/t19-/m1/s1. The quantitative estimate of drug-likeness (QED) is 0.438. The Labute approximate surface area is 183 Å². The number of carbonyl (C=O) groups excluding carboxylic acids is 1. The van der Waals surface area contributed by atoms with Crippen molar-refractivity contribution in [1.82, 2.24) is 19.7 Å². The summed E-state index contributed by atoms with van der Waals surface area (Å²) in [6.45, 7) is 0.0928. The van der Waals surface area contributed by atoms with E-state index in [4.69, 9.17) is 11.6 Å². The Balaban J connectivity index is 1.88. The molecule has 1 atom stereocenters. The Bertz CT molecular complexity index is 1060. The highest BCUT2D eigenvalue weighted by atomic mass is 35.5. The first kappa shape index (κ1) is 23.1. The lowest BCUT2D eigenvalue weighted by Crippen LogP contribution is -2.43. The summed E-state index contributed by atoms with van der Waals surface area (Å²) < 4.78 is 5.96. The van der Waals surface area contributed by atoms with Gasteiger partial charge in [0.05, 0.1) is 21.9 Å². The fourth-order valence-corrected chi connectivity index (χ4v) is 3.83. The lowest BCUT2D eigenvalue weighted by atomic mass is 9.94. The fraction of sp³-hybridized carbons (Fsp3) is 0.500. The Morgan fingerprint density at radius 1 is 1.29 bits per heavy atom. The van der Waals surface area contributed by atoms with Crippen LogP contribution in [0.1, 0.15) is 55.3 Å². The number of ether oxygens (including phenoxy) is 1. The molecule has 1 aromatic carbocycles. The van der Waals surface area contributed by atoms with Crippen LogP contribution in [-0.4, -0.2) is 49.7 Å². The summed E-state index contributed by atoms with van der Waals surface area (Å²) >= 11 is 6.18. The van der Waals surface area contributed by atoms with Gasteiger partial charge in [0.15, 0.2) is 0 Å². The number of aliphatic hydroxyl groups is 2. The van der Waals surface area contributed by atoms with Crippen molar-refractivity contribution >= 4 is 17.5 Å². The molecule has 1 amide bonds. The zero-order chi connectivity index (χ0) is 22.6. The average Bonchev–Trinajstić information content (AvgIpc) is 2.97. The third kappa shape index (κ3) is 5.21. The van der Waals surface area contributed by atoms with Crippen LogP contribution in [0.4, 0.5) is 0 Å². The van der Waals surface area contributed by atoms with Crippen LogP contribution >= 0.6 is 11.6 Å². The second kappa shape index (κ2) is 9.73. The van der Waals surface area contributed by atoms with Crippen molar-refractivity contribution in [1.29, 1.82) is 0 Å². The van der Waals surface area contributed by atoms with Crippen molar-refractivity contribution in [2.75, 3.05) is 13.7 Å². The van der Waals surface area contributed by atoms with Crippen molar-refractivity contribution in [2.45, 2.75) is 50.5 Å². The average molecular weight is 453 g/mol. The highest BCUT2D eigenvalue weighted by molar-refractivity contribution is 6.33. The second-order valence-electron chi connectivity index (χ2n) is 7.59. The molecule has 31 heavy (non-hydrogen) atoms. The van der Waals surface area contributed by atoms with Crippen molar-refractivity contribution in [3.8, 4) is 5.69 Å². The van der Waals surface area contributed by atoms with E-state index in [9.17, 15) is 24.6 Å². The third-order valence-electron chi connectivity index (χ3n) is 5.39. The van der Waals surface area contributed by atoms with Gasteiger partial charge in [-0.15, -0.1) is 0 Å². The van der Waals surface area contributed by atoms with Crippen LogP contribution in [0.3, 0.4) is 0 Å². The molecular formula is C20H25ClN4O6. The largest absolute Gasteiger partial charge is 0.388 e. The fourth-order valence-electron chi connectivity index (χ4n) is 3.62. The first-order valence-electron chi connectivity index (χ1n) is 9.98. The van der Waals surface area contributed by atoms with E-state index >= 15 is 0 Å². The SMILES string of the molecule is CO[C@@H](O)n1c(=O)cnn(-c2ccc(Cl)c(C(=O)NCC3(O)CCCCCC3)c2)c1=O. The number of methoxy groups -OCH3 is 1. The molecule has 0 aliphatic heterocycles.